The van der Waals surface area contributed by atoms with E-state index in [0.29, 0.717) is 34.4 Å². The van der Waals surface area contributed by atoms with Gasteiger partial charge in [0.1, 0.15) is 0 Å². The minimum absolute atomic E-state index is 0.0414. The van der Waals surface area contributed by atoms with Crippen molar-refractivity contribution in [1.82, 2.24) is 10.7 Å². The van der Waals surface area contributed by atoms with Crippen molar-refractivity contribution in [2.75, 3.05) is 18.5 Å². The first kappa shape index (κ1) is 22.1. The van der Waals surface area contributed by atoms with Gasteiger partial charge in [-0.3, -0.25) is 9.59 Å². The third-order valence-electron chi connectivity index (χ3n) is 4.57. The zero-order chi connectivity index (χ0) is 21.5. The third-order valence-corrected chi connectivity index (χ3v) is 5.04. The van der Waals surface area contributed by atoms with Crippen LogP contribution in [0.3, 0.4) is 0 Å². The van der Waals surface area contributed by atoms with E-state index < -0.39 is 11.8 Å². The molecular weight excluding hydrogens is 427 g/mol. The smallest absolute Gasteiger partial charge is 0.329 e. The zero-order valence-corrected chi connectivity index (χ0v) is 17.9. The van der Waals surface area contributed by atoms with E-state index in [0.717, 1.165) is 24.1 Å². The molecule has 0 bridgehead atoms. The molecule has 9 heteroatoms. The predicted molar refractivity (Wildman–Crippen MR) is 119 cm³/mol. The number of carbonyl (C=O) groups excluding carboxylic acids is 2. The average molecular weight is 449 g/mol. The summed E-state index contributed by atoms with van der Waals surface area (Å²) in [6, 6.07) is 10.7. The van der Waals surface area contributed by atoms with Crippen molar-refractivity contribution in [1.29, 1.82) is 0 Å². The van der Waals surface area contributed by atoms with Crippen molar-refractivity contribution < 1.29 is 14.3 Å². The van der Waals surface area contributed by atoms with Crippen LogP contribution in [-0.4, -0.2) is 37.3 Å². The van der Waals surface area contributed by atoms with E-state index in [1.807, 2.05) is 25.1 Å². The van der Waals surface area contributed by atoms with Crippen LogP contribution in [0.5, 0.6) is 0 Å². The summed E-state index contributed by atoms with van der Waals surface area (Å²) in [5, 5.41) is 10.8. The molecule has 0 radical (unpaired) electrons. The standard InChI is InChI=1S/C21H22Cl2N4O3/c1-13-4-5-16(23)10-19(13)26-18-7-6-15(22)9-14(18)11-25-27-21(29)20(28)24-12-17-3-2-8-30-17/h4-7,9-11,17,26H,2-3,8,12H2,1H3,(H,24,28)(H,27,29)/b25-11-/t17-/m0/s1. The lowest BCUT2D eigenvalue weighted by Gasteiger charge is -2.13. The molecule has 2 aromatic rings. The molecule has 30 heavy (non-hydrogen) atoms. The van der Waals surface area contributed by atoms with E-state index in [2.05, 4.69) is 21.2 Å². The molecule has 1 aliphatic rings. The Balaban J connectivity index is 1.63. The van der Waals surface area contributed by atoms with Crippen LogP contribution in [0.4, 0.5) is 11.4 Å². The number of rotatable bonds is 6. The van der Waals surface area contributed by atoms with Crippen molar-refractivity contribution in [2.24, 2.45) is 5.10 Å². The number of nitrogens with zero attached hydrogens (tertiary/aromatic N) is 1. The first-order chi connectivity index (χ1) is 14.4. The highest BCUT2D eigenvalue weighted by Crippen LogP contribution is 2.27. The lowest BCUT2D eigenvalue weighted by atomic mass is 10.1. The molecular formula is C21H22Cl2N4O3. The van der Waals surface area contributed by atoms with Gasteiger partial charge in [0, 0.05) is 40.1 Å². The second-order valence-electron chi connectivity index (χ2n) is 6.86. The summed E-state index contributed by atoms with van der Waals surface area (Å²) in [5.41, 5.74) is 5.40. The highest BCUT2D eigenvalue weighted by Gasteiger charge is 2.19. The molecule has 0 unspecified atom stereocenters. The van der Waals surface area contributed by atoms with Gasteiger partial charge in [-0.1, -0.05) is 29.3 Å². The molecule has 3 N–H and O–H groups in total. The number of anilines is 2. The van der Waals surface area contributed by atoms with Gasteiger partial charge in [0.05, 0.1) is 12.3 Å². The van der Waals surface area contributed by atoms with Crippen LogP contribution in [0.1, 0.15) is 24.0 Å². The number of carbonyl (C=O) groups is 2. The summed E-state index contributed by atoms with van der Waals surface area (Å²) < 4.78 is 5.41. The Labute approximate surface area is 184 Å². The topological polar surface area (TPSA) is 91.8 Å². The van der Waals surface area contributed by atoms with Crippen molar-refractivity contribution in [3.05, 3.63) is 57.6 Å². The summed E-state index contributed by atoms with van der Waals surface area (Å²) in [6.45, 7) is 2.94. The largest absolute Gasteiger partial charge is 0.376 e. The van der Waals surface area contributed by atoms with E-state index in [-0.39, 0.29) is 6.10 Å². The van der Waals surface area contributed by atoms with Gasteiger partial charge < -0.3 is 15.4 Å². The minimum atomic E-state index is -0.855. The van der Waals surface area contributed by atoms with Gasteiger partial charge in [0.15, 0.2) is 0 Å². The Kier molecular flexibility index (Phi) is 7.68. The molecule has 1 saturated heterocycles. The number of benzene rings is 2. The zero-order valence-electron chi connectivity index (χ0n) is 16.4. The number of hydrogen-bond acceptors (Lipinski definition) is 5. The lowest BCUT2D eigenvalue weighted by molar-refractivity contribution is -0.139. The fraction of sp³-hybridized carbons (Fsp3) is 0.286. The Bertz CT molecular complexity index is 959. The number of hydrazone groups is 1. The molecule has 7 nitrogen and oxygen atoms in total. The molecule has 0 saturated carbocycles. The molecule has 2 aromatic carbocycles. The number of aryl methyl sites for hydroxylation is 1. The SMILES string of the molecule is Cc1ccc(Cl)cc1Nc1ccc(Cl)cc1/C=N\NC(=O)C(=O)NC[C@@H]1CCCO1. The number of nitrogens with one attached hydrogen (secondary N) is 3. The Morgan fingerprint density at radius 1 is 1.13 bits per heavy atom. The molecule has 0 aromatic heterocycles. The molecule has 2 amide bonds. The van der Waals surface area contributed by atoms with E-state index >= 15 is 0 Å². The van der Waals surface area contributed by atoms with Crippen LogP contribution in [0, 0.1) is 6.92 Å². The van der Waals surface area contributed by atoms with Crippen LogP contribution in [0.25, 0.3) is 0 Å². The van der Waals surface area contributed by atoms with Crippen molar-refractivity contribution in [2.45, 2.75) is 25.9 Å². The maximum absolute atomic E-state index is 11.9. The molecule has 1 heterocycles. The van der Waals surface area contributed by atoms with Gasteiger partial charge in [0.2, 0.25) is 0 Å². The minimum Gasteiger partial charge on any atom is -0.376 e. The van der Waals surface area contributed by atoms with Crippen LogP contribution >= 0.6 is 23.2 Å². The van der Waals surface area contributed by atoms with Crippen molar-refractivity contribution >= 4 is 52.6 Å². The van der Waals surface area contributed by atoms with E-state index in [1.54, 1.807) is 18.2 Å². The van der Waals surface area contributed by atoms with E-state index in [4.69, 9.17) is 27.9 Å². The molecule has 0 spiro atoms. The fourth-order valence-electron chi connectivity index (χ4n) is 2.93. The fourth-order valence-corrected chi connectivity index (χ4v) is 3.28. The van der Waals surface area contributed by atoms with E-state index in [9.17, 15) is 9.59 Å². The monoisotopic (exact) mass is 448 g/mol. The summed E-state index contributed by atoms with van der Waals surface area (Å²) in [4.78, 5) is 23.8. The lowest BCUT2D eigenvalue weighted by Crippen LogP contribution is -2.41. The Hall–Kier alpha value is -2.61. The predicted octanol–water partition coefficient (Wildman–Crippen LogP) is 3.79. The summed E-state index contributed by atoms with van der Waals surface area (Å²) >= 11 is 12.2. The number of halogens is 2. The summed E-state index contributed by atoms with van der Waals surface area (Å²) in [6.07, 6.45) is 3.21. The van der Waals surface area contributed by atoms with Crippen molar-refractivity contribution in [3.63, 3.8) is 0 Å². The van der Waals surface area contributed by atoms with Gasteiger partial charge in [-0.15, -0.1) is 0 Å². The number of ether oxygens (including phenoxy) is 1. The van der Waals surface area contributed by atoms with Crippen LogP contribution < -0.4 is 16.1 Å². The normalized spacial score (nSPS) is 15.9. The van der Waals surface area contributed by atoms with Crippen molar-refractivity contribution in [3.8, 4) is 0 Å². The van der Waals surface area contributed by atoms with Gasteiger partial charge >= 0.3 is 11.8 Å². The molecule has 3 rings (SSSR count). The van der Waals surface area contributed by atoms with Gasteiger partial charge in [-0.05, 0) is 55.7 Å². The Morgan fingerprint density at radius 3 is 2.67 bits per heavy atom. The molecule has 158 valence electrons. The second kappa shape index (κ2) is 10.4. The quantitative estimate of drug-likeness (QED) is 0.356. The third kappa shape index (κ3) is 6.19. The average Bonchev–Trinajstić information content (AvgIpc) is 3.24. The molecule has 0 aliphatic carbocycles. The number of amides is 2. The van der Waals surface area contributed by atoms with Gasteiger partial charge in [0.25, 0.3) is 0 Å². The highest BCUT2D eigenvalue weighted by atomic mass is 35.5. The molecule has 1 fully saturated rings. The Morgan fingerprint density at radius 2 is 1.90 bits per heavy atom. The first-order valence-corrected chi connectivity index (χ1v) is 10.2. The molecule has 1 atom stereocenters. The second-order valence-corrected chi connectivity index (χ2v) is 7.73. The molecule has 1 aliphatic heterocycles. The number of hydrogen-bond donors (Lipinski definition) is 3. The highest BCUT2D eigenvalue weighted by molar-refractivity contribution is 6.35. The van der Waals surface area contributed by atoms with Gasteiger partial charge in [-0.2, -0.15) is 5.10 Å². The van der Waals surface area contributed by atoms with Gasteiger partial charge in [-0.25, -0.2) is 5.43 Å². The maximum atomic E-state index is 11.9. The van der Waals surface area contributed by atoms with Crippen LogP contribution in [-0.2, 0) is 14.3 Å². The van der Waals surface area contributed by atoms with Crippen LogP contribution in [0.2, 0.25) is 10.0 Å². The first-order valence-electron chi connectivity index (χ1n) is 9.48. The van der Waals surface area contributed by atoms with E-state index in [1.165, 1.54) is 6.21 Å². The van der Waals surface area contributed by atoms with Crippen LogP contribution in [0.15, 0.2) is 41.5 Å². The summed E-state index contributed by atoms with van der Waals surface area (Å²) in [7, 11) is 0. The summed E-state index contributed by atoms with van der Waals surface area (Å²) in [5.74, 6) is -1.62. The maximum Gasteiger partial charge on any atom is 0.329 e.